The van der Waals surface area contributed by atoms with Gasteiger partial charge in [0.1, 0.15) is 6.54 Å². The lowest BCUT2D eigenvalue weighted by atomic mass is 10.2. The molecule has 0 aromatic carbocycles. The van der Waals surface area contributed by atoms with Crippen molar-refractivity contribution in [2.24, 2.45) is 0 Å². The van der Waals surface area contributed by atoms with Gasteiger partial charge in [0.25, 0.3) is 0 Å². The lowest BCUT2D eigenvalue weighted by Gasteiger charge is -2.02. The van der Waals surface area contributed by atoms with Crippen LogP contribution >= 0.6 is 0 Å². The van der Waals surface area contributed by atoms with Gasteiger partial charge >= 0.3 is 0 Å². The summed E-state index contributed by atoms with van der Waals surface area (Å²) in [6.07, 6.45) is 1.83. The molecular formula is C9H14N6O. The smallest absolute Gasteiger partial charge is 0.237 e. The predicted molar refractivity (Wildman–Crippen MR) is 56.6 cm³/mol. The van der Waals surface area contributed by atoms with Crippen molar-refractivity contribution in [3.8, 4) is 0 Å². The first-order valence-corrected chi connectivity index (χ1v) is 5.17. The van der Waals surface area contributed by atoms with E-state index in [0.29, 0.717) is 24.1 Å². The van der Waals surface area contributed by atoms with Crippen LogP contribution in [0.15, 0.2) is 4.42 Å². The quantitative estimate of drug-likeness (QED) is 0.811. The zero-order chi connectivity index (χ0) is 11.5. The summed E-state index contributed by atoms with van der Waals surface area (Å²) < 4.78 is 6.98. The third-order valence-corrected chi connectivity index (χ3v) is 2.21. The molecule has 0 aliphatic rings. The fraction of sp³-hybridized carbons (Fsp3) is 0.556. The van der Waals surface area contributed by atoms with Crippen LogP contribution in [0.25, 0.3) is 0 Å². The Balaban J connectivity index is 2.20. The molecule has 2 heterocycles. The predicted octanol–water partition coefficient (Wildman–Crippen LogP) is 0.553. The molecule has 7 nitrogen and oxygen atoms in total. The monoisotopic (exact) mass is 222 g/mol. The van der Waals surface area contributed by atoms with Crippen molar-refractivity contribution >= 4 is 5.82 Å². The Bertz CT molecular complexity index is 474. The van der Waals surface area contributed by atoms with Gasteiger partial charge in [0.15, 0.2) is 5.82 Å². The molecule has 2 N–H and O–H groups in total. The normalized spacial score (nSPS) is 10.9. The van der Waals surface area contributed by atoms with Crippen LogP contribution in [0.5, 0.6) is 0 Å². The Labute approximate surface area is 92.7 Å². The zero-order valence-electron chi connectivity index (χ0n) is 9.34. The van der Waals surface area contributed by atoms with Crippen LogP contribution in [0, 0.1) is 6.92 Å². The lowest BCUT2D eigenvalue weighted by Crippen LogP contribution is -2.07. The third-order valence-electron chi connectivity index (χ3n) is 2.21. The molecule has 16 heavy (non-hydrogen) atoms. The van der Waals surface area contributed by atoms with Gasteiger partial charge in [-0.25, -0.2) is 4.68 Å². The molecule has 0 atom stereocenters. The molecule has 0 radical (unpaired) electrons. The number of anilines is 1. The van der Waals surface area contributed by atoms with Crippen LogP contribution in [0.1, 0.15) is 30.8 Å². The number of rotatable bonds is 4. The number of nitrogens with two attached hydrogens (primary N) is 1. The highest BCUT2D eigenvalue weighted by Gasteiger charge is 2.12. The Morgan fingerprint density at radius 1 is 1.31 bits per heavy atom. The minimum absolute atomic E-state index is 0.417. The Kier molecular flexibility index (Phi) is 2.84. The average Bonchev–Trinajstić information content (AvgIpc) is 2.79. The van der Waals surface area contributed by atoms with E-state index in [1.165, 1.54) is 0 Å². The maximum atomic E-state index is 5.73. The van der Waals surface area contributed by atoms with Crippen LogP contribution < -0.4 is 5.73 Å². The van der Waals surface area contributed by atoms with Gasteiger partial charge in [-0.15, -0.1) is 15.3 Å². The molecule has 0 aliphatic carbocycles. The van der Waals surface area contributed by atoms with Crippen LogP contribution in [-0.4, -0.2) is 25.2 Å². The number of hydrogen-bond acceptors (Lipinski definition) is 6. The summed E-state index contributed by atoms with van der Waals surface area (Å²) in [5.41, 5.74) is 6.64. The molecule has 0 aliphatic heterocycles. The topological polar surface area (TPSA) is 95.7 Å². The van der Waals surface area contributed by atoms with Crippen LogP contribution in [-0.2, 0) is 13.0 Å². The highest BCUT2D eigenvalue weighted by molar-refractivity contribution is 5.33. The largest absolute Gasteiger partial charge is 0.424 e. The number of nitrogens with zero attached hydrogens (tertiary/aromatic N) is 5. The van der Waals surface area contributed by atoms with Crippen molar-refractivity contribution in [1.29, 1.82) is 0 Å². The van der Waals surface area contributed by atoms with E-state index in [9.17, 15) is 0 Å². The van der Waals surface area contributed by atoms with Crippen LogP contribution in [0.3, 0.4) is 0 Å². The standard InChI is InChI=1S/C9H14N6O/c1-3-4-7-9(10)13-14-15(7)5-8-12-11-6(2)16-8/h3-5,10H2,1-2H3. The third kappa shape index (κ3) is 2.02. The van der Waals surface area contributed by atoms with Crippen molar-refractivity contribution in [3.05, 3.63) is 17.5 Å². The van der Waals surface area contributed by atoms with Crippen molar-refractivity contribution < 1.29 is 4.42 Å². The number of aryl methyl sites for hydroxylation is 1. The first kappa shape index (κ1) is 10.6. The fourth-order valence-corrected chi connectivity index (χ4v) is 1.50. The van der Waals surface area contributed by atoms with Gasteiger partial charge < -0.3 is 10.2 Å². The highest BCUT2D eigenvalue weighted by Crippen LogP contribution is 2.11. The summed E-state index contributed by atoms with van der Waals surface area (Å²) in [7, 11) is 0. The molecule has 0 unspecified atom stereocenters. The molecule has 0 spiro atoms. The first-order chi connectivity index (χ1) is 7.70. The van der Waals surface area contributed by atoms with Gasteiger partial charge in [-0.2, -0.15) is 0 Å². The van der Waals surface area contributed by atoms with E-state index in [1.807, 2.05) is 0 Å². The summed E-state index contributed by atoms with van der Waals surface area (Å²) in [5, 5.41) is 15.5. The van der Waals surface area contributed by atoms with Gasteiger partial charge in [-0.1, -0.05) is 18.6 Å². The van der Waals surface area contributed by atoms with Crippen molar-refractivity contribution in [3.63, 3.8) is 0 Å². The van der Waals surface area contributed by atoms with Gasteiger partial charge in [0.2, 0.25) is 11.8 Å². The molecule has 2 aromatic heterocycles. The fourth-order valence-electron chi connectivity index (χ4n) is 1.50. The molecular weight excluding hydrogens is 208 g/mol. The Hall–Kier alpha value is -1.92. The number of hydrogen-bond donors (Lipinski definition) is 1. The highest BCUT2D eigenvalue weighted by atomic mass is 16.4. The number of aromatic nitrogens is 5. The lowest BCUT2D eigenvalue weighted by molar-refractivity contribution is 0.436. The Morgan fingerprint density at radius 2 is 2.12 bits per heavy atom. The molecule has 0 saturated heterocycles. The average molecular weight is 222 g/mol. The summed E-state index contributed by atoms with van der Waals surface area (Å²) in [6, 6.07) is 0. The summed E-state index contributed by atoms with van der Waals surface area (Å²) in [5.74, 6) is 1.53. The maximum absolute atomic E-state index is 5.73. The molecule has 0 saturated carbocycles. The zero-order valence-corrected chi connectivity index (χ0v) is 9.34. The summed E-state index contributed by atoms with van der Waals surface area (Å²) in [6.45, 7) is 4.24. The molecule has 2 aromatic rings. The summed E-state index contributed by atoms with van der Waals surface area (Å²) >= 11 is 0. The molecule has 0 amide bonds. The van der Waals surface area contributed by atoms with E-state index in [1.54, 1.807) is 11.6 Å². The van der Waals surface area contributed by atoms with Gasteiger partial charge in [-0.3, -0.25) is 0 Å². The second kappa shape index (κ2) is 4.30. The molecule has 86 valence electrons. The van der Waals surface area contributed by atoms with Crippen molar-refractivity contribution in [2.45, 2.75) is 33.2 Å². The van der Waals surface area contributed by atoms with Crippen molar-refractivity contribution in [2.75, 3.05) is 5.73 Å². The minimum atomic E-state index is 0.417. The molecule has 7 heteroatoms. The van der Waals surface area contributed by atoms with Crippen molar-refractivity contribution in [1.82, 2.24) is 25.2 Å². The molecule has 0 bridgehead atoms. The Morgan fingerprint density at radius 3 is 2.75 bits per heavy atom. The minimum Gasteiger partial charge on any atom is -0.424 e. The van der Waals surface area contributed by atoms with Gasteiger partial charge in [0.05, 0.1) is 5.69 Å². The van der Waals surface area contributed by atoms with E-state index in [-0.39, 0.29) is 0 Å². The van der Waals surface area contributed by atoms with E-state index in [2.05, 4.69) is 27.4 Å². The van der Waals surface area contributed by atoms with E-state index in [0.717, 1.165) is 18.5 Å². The van der Waals surface area contributed by atoms with Crippen LogP contribution in [0.4, 0.5) is 5.82 Å². The first-order valence-electron chi connectivity index (χ1n) is 5.17. The van der Waals surface area contributed by atoms with Gasteiger partial charge in [0, 0.05) is 6.92 Å². The number of nitrogen functional groups attached to an aromatic ring is 1. The summed E-state index contributed by atoms with van der Waals surface area (Å²) in [4.78, 5) is 0. The van der Waals surface area contributed by atoms with E-state index in [4.69, 9.17) is 10.2 Å². The molecule has 0 fully saturated rings. The second-order valence-corrected chi connectivity index (χ2v) is 3.54. The maximum Gasteiger partial charge on any atom is 0.237 e. The van der Waals surface area contributed by atoms with Gasteiger partial charge in [-0.05, 0) is 6.42 Å². The SMILES string of the molecule is CCCc1c(N)nnn1Cc1nnc(C)o1. The van der Waals surface area contributed by atoms with E-state index < -0.39 is 0 Å². The van der Waals surface area contributed by atoms with Crippen LogP contribution in [0.2, 0.25) is 0 Å². The molecule has 2 rings (SSSR count). The van der Waals surface area contributed by atoms with E-state index >= 15 is 0 Å². The second-order valence-electron chi connectivity index (χ2n) is 3.54.